The van der Waals surface area contributed by atoms with Crippen molar-refractivity contribution in [2.45, 2.75) is 43.9 Å². The highest BCUT2D eigenvalue weighted by molar-refractivity contribution is 7.09. The molecular formula is C23H33N5O2S. The third kappa shape index (κ3) is 4.93. The molecule has 0 spiro atoms. The number of piperidine rings is 1. The molecule has 3 aliphatic rings. The largest absolute Gasteiger partial charge is 0.383 e. The smallest absolute Gasteiger partial charge is 0.128 e. The zero-order chi connectivity index (χ0) is 21.1. The van der Waals surface area contributed by atoms with Crippen LogP contribution in [0.5, 0.6) is 0 Å². The number of hydrogen-bond donors (Lipinski definition) is 1. The molecule has 0 bridgehead atoms. The lowest BCUT2D eigenvalue weighted by molar-refractivity contribution is -0.0525. The van der Waals surface area contributed by atoms with E-state index in [1.807, 2.05) is 18.3 Å². The van der Waals surface area contributed by atoms with E-state index in [-0.39, 0.29) is 0 Å². The number of piperazine rings is 1. The number of thiazole rings is 1. The number of aliphatic hydroxyl groups is 1. The Balaban J connectivity index is 1.13. The van der Waals surface area contributed by atoms with E-state index < -0.39 is 5.60 Å². The minimum absolute atomic E-state index is 0.619. The highest BCUT2D eigenvalue weighted by Gasteiger charge is 2.38. The highest BCUT2D eigenvalue weighted by atomic mass is 32.1. The summed E-state index contributed by atoms with van der Waals surface area (Å²) in [7, 11) is 0. The standard InChI is InChI=1S/C23H33N5O2S/c29-23(6-9-27(10-7-23)19-4-15-30-16-5-19)20-18-31-22(25-20)17-26-11-13-28(14-12-26)21-3-1-2-8-24-21/h1-3,8,18-19,29H,4-7,9-17H2. The normalized spacial score (nSPS) is 23.8. The molecule has 0 aromatic carbocycles. The maximum atomic E-state index is 11.3. The molecule has 7 nitrogen and oxygen atoms in total. The predicted molar refractivity (Wildman–Crippen MR) is 122 cm³/mol. The van der Waals surface area contributed by atoms with Gasteiger partial charge in [-0.15, -0.1) is 11.3 Å². The van der Waals surface area contributed by atoms with Crippen molar-refractivity contribution >= 4 is 17.2 Å². The zero-order valence-electron chi connectivity index (χ0n) is 18.2. The van der Waals surface area contributed by atoms with Gasteiger partial charge in [0.2, 0.25) is 0 Å². The number of pyridine rings is 1. The second kappa shape index (κ2) is 9.50. The molecule has 168 valence electrons. The summed E-state index contributed by atoms with van der Waals surface area (Å²) in [6.07, 6.45) is 5.64. The number of rotatable bonds is 5. The van der Waals surface area contributed by atoms with Crippen LogP contribution in [0.25, 0.3) is 0 Å². The molecular weight excluding hydrogens is 410 g/mol. The Kier molecular flexibility index (Phi) is 6.52. The van der Waals surface area contributed by atoms with Gasteiger partial charge in [-0.2, -0.15) is 0 Å². The molecule has 0 atom stereocenters. The molecule has 5 heterocycles. The molecule has 1 N–H and O–H groups in total. The number of anilines is 1. The van der Waals surface area contributed by atoms with Crippen LogP contribution in [-0.4, -0.2) is 83.4 Å². The second-order valence-electron chi connectivity index (χ2n) is 8.99. The number of nitrogens with zero attached hydrogens (tertiary/aromatic N) is 5. The SMILES string of the molecule is OC1(c2csc(CN3CCN(c4ccccn4)CC3)n2)CCN(C2CCOCC2)CC1. The van der Waals surface area contributed by atoms with Crippen molar-refractivity contribution in [1.29, 1.82) is 0 Å². The Morgan fingerprint density at radius 2 is 1.84 bits per heavy atom. The first kappa shape index (κ1) is 21.3. The summed E-state index contributed by atoms with van der Waals surface area (Å²) in [5.41, 5.74) is 0.111. The van der Waals surface area contributed by atoms with Crippen molar-refractivity contribution in [2.75, 3.05) is 57.4 Å². The average Bonchev–Trinajstić information content (AvgIpc) is 3.31. The van der Waals surface area contributed by atoms with Crippen LogP contribution in [0.15, 0.2) is 29.8 Å². The Hall–Kier alpha value is -1.58. The monoisotopic (exact) mass is 443 g/mol. The highest BCUT2D eigenvalue weighted by Crippen LogP contribution is 2.35. The van der Waals surface area contributed by atoms with Gasteiger partial charge in [-0.1, -0.05) is 6.07 Å². The van der Waals surface area contributed by atoms with E-state index in [0.29, 0.717) is 6.04 Å². The summed E-state index contributed by atoms with van der Waals surface area (Å²) < 4.78 is 5.50. The van der Waals surface area contributed by atoms with Gasteiger partial charge >= 0.3 is 0 Å². The molecule has 5 rings (SSSR count). The first-order valence-corrected chi connectivity index (χ1v) is 12.4. The molecule has 3 fully saturated rings. The summed E-state index contributed by atoms with van der Waals surface area (Å²) in [6, 6.07) is 6.71. The Labute approximate surface area is 188 Å². The van der Waals surface area contributed by atoms with Crippen LogP contribution in [0.2, 0.25) is 0 Å². The number of ether oxygens (including phenoxy) is 1. The molecule has 0 aliphatic carbocycles. The lowest BCUT2D eigenvalue weighted by atomic mass is 9.87. The summed E-state index contributed by atoms with van der Waals surface area (Å²) in [6.45, 7) is 8.50. The minimum atomic E-state index is -0.770. The van der Waals surface area contributed by atoms with E-state index in [9.17, 15) is 5.11 Å². The number of likely N-dealkylation sites (tertiary alicyclic amines) is 1. The fourth-order valence-corrected chi connectivity index (χ4v) is 5.96. The van der Waals surface area contributed by atoms with Crippen molar-refractivity contribution < 1.29 is 9.84 Å². The van der Waals surface area contributed by atoms with Gasteiger partial charge in [-0.25, -0.2) is 9.97 Å². The second-order valence-corrected chi connectivity index (χ2v) is 9.93. The topological polar surface area (TPSA) is 65.0 Å². The molecule has 2 aromatic rings. The van der Waals surface area contributed by atoms with Gasteiger partial charge in [0.25, 0.3) is 0 Å². The summed E-state index contributed by atoms with van der Waals surface area (Å²) in [5, 5.41) is 14.5. The van der Waals surface area contributed by atoms with Gasteiger partial charge < -0.3 is 14.7 Å². The number of hydrogen-bond acceptors (Lipinski definition) is 8. The fourth-order valence-electron chi connectivity index (χ4n) is 5.03. The molecule has 0 unspecified atom stereocenters. The van der Waals surface area contributed by atoms with E-state index in [2.05, 4.69) is 31.1 Å². The summed E-state index contributed by atoms with van der Waals surface area (Å²) in [4.78, 5) is 16.7. The molecule has 0 saturated carbocycles. The van der Waals surface area contributed by atoms with Crippen LogP contribution in [0.3, 0.4) is 0 Å². The maximum Gasteiger partial charge on any atom is 0.128 e. The Bertz CT molecular complexity index is 826. The van der Waals surface area contributed by atoms with E-state index >= 15 is 0 Å². The van der Waals surface area contributed by atoms with Crippen LogP contribution in [-0.2, 0) is 16.9 Å². The van der Waals surface area contributed by atoms with Crippen LogP contribution in [0.4, 0.5) is 5.82 Å². The Morgan fingerprint density at radius 3 is 2.55 bits per heavy atom. The van der Waals surface area contributed by atoms with Gasteiger partial charge in [-0.3, -0.25) is 9.80 Å². The molecule has 0 radical (unpaired) electrons. The van der Waals surface area contributed by atoms with E-state index in [0.717, 1.165) is 101 Å². The van der Waals surface area contributed by atoms with Gasteiger partial charge in [-0.05, 0) is 37.8 Å². The fraction of sp³-hybridized carbons (Fsp3) is 0.652. The number of aromatic nitrogens is 2. The lowest BCUT2D eigenvalue weighted by Crippen LogP contribution is -2.48. The van der Waals surface area contributed by atoms with Crippen molar-refractivity contribution in [2.24, 2.45) is 0 Å². The van der Waals surface area contributed by atoms with Gasteiger partial charge in [0.15, 0.2) is 0 Å². The first-order valence-electron chi connectivity index (χ1n) is 11.6. The van der Waals surface area contributed by atoms with Crippen molar-refractivity contribution in [3.63, 3.8) is 0 Å². The van der Waals surface area contributed by atoms with Crippen molar-refractivity contribution in [3.8, 4) is 0 Å². The van der Waals surface area contributed by atoms with Crippen LogP contribution in [0.1, 0.15) is 36.4 Å². The molecule has 0 amide bonds. The first-order chi connectivity index (χ1) is 15.2. The zero-order valence-corrected chi connectivity index (χ0v) is 19.0. The van der Waals surface area contributed by atoms with Gasteiger partial charge in [0.05, 0.1) is 12.2 Å². The van der Waals surface area contributed by atoms with Gasteiger partial charge in [0, 0.05) is 70.1 Å². The van der Waals surface area contributed by atoms with E-state index in [1.165, 1.54) is 0 Å². The van der Waals surface area contributed by atoms with E-state index in [1.54, 1.807) is 11.3 Å². The molecule has 2 aromatic heterocycles. The Morgan fingerprint density at radius 1 is 1.06 bits per heavy atom. The summed E-state index contributed by atoms with van der Waals surface area (Å²) in [5.74, 6) is 1.06. The third-order valence-corrected chi connectivity index (χ3v) is 7.90. The maximum absolute atomic E-state index is 11.3. The average molecular weight is 444 g/mol. The van der Waals surface area contributed by atoms with Gasteiger partial charge in [0.1, 0.15) is 16.4 Å². The molecule has 31 heavy (non-hydrogen) atoms. The quantitative estimate of drug-likeness (QED) is 0.761. The van der Waals surface area contributed by atoms with Crippen LogP contribution >= 0.6 is 11.3 Å². The lowest BCUT2D eigenvalue weighted by Gasteiger charge is -2.42. The van der Waals surface area contributed by atoms with E-state index in [4.69, 9.17) is 9.72 Å². The molecule has 3 saturated heterocycles. The molecule has 8 heteroatoms. The summed E-state index contributed by atoms with van der Waals surface area (Å²) >= 11 is 1.69. The minimum Gasteiger partial charge on any atom is -0.383 e. The predicted octanol–water partition coefficient (Wildman–Crippen LogP) is 2.32. The van der Waals surface area contributed by atoms with Crippen molar-refractivity contribution in [3.05, 3.63) is 40.5 Å². The van der Waals surface area contributed by atoms with Crippen molar-refractivity contribution in [1.82, 2.24) is 19.8 Å². The third-order valence-electron chi connectivity index (χ3n) is 7.07. The van der Waals surface area contributed by atoms with Crippen LogP contribution < -0.4 is 4.90 Å². The molecule has 3 aliphatic heterocycles. The van der Waals surface area contributed by atoms with Crippen LogP contribution in [0, 0.1) is 0 Å².